The van der Waals surface area contributed by atoms with Gasteiger partial charge in [0, 0.05) is 44.1 Å². The van der Waals surface area contributed by atoms with Crippen molar-refractivity contribution in [2.45, 2.75) is 17.8 Å². The number of halogens is 8. The number of allylic oxidation sites excluding steroid dienone is 2. The standard InChI is InChI=1S/C11H6F2N.C10H4F6N.Ir/c12-8-4-5-9(10(13)7-8)11-3-1-2-6-14-11;11-8(12)5-6(7-3-1-2-4-17-7)9(13,14)10(8,15)16;/h1-4,6-7H;1-4H;/q2*-1;. The molecule has 2 heterocycles. The molecule has 1 aromatic carbocycles. The molecule has 0 saturated heterocycles. The van der Waals surface area contributed by atoms with Crippen LogP contribution in [0.4, 0.5) is 35.1 Å². The van der Waals surface area contributed by atoms with E-state index >= 15 is 0 Å². The zero-order valence-electron chi connectivity index (χ0n) is 15.5. The topological polar surface area (TPSA) is 25.8 Å². The van der Waals surface area contributed by atoms with E-state index in [0.29, 0.717) is 5.69 Å². The van der Waals surface area contributed by atoms with E-state index in [1.807, 2.05) is 0 Å². The first kappa shape index (κ1) is 25.6. The Bertz CT molecular complexity index is 1090. The van der Waals surface area contributed by atoms with Gasteiger partial charge in [0.2, 0.25) is 0 Å². The SMILES string of the molecule is FC1(F)[C-]=C(c2ccccn2)C(F)(F)C1(F)F.Fc1c[c-]c(-c2ccccn2)c(F)c1.[Ir]. The van der Waals surface area contributed by atoms with Crippen molar-refractivity contribution in [3.8, 4) is 11.3 Å². The molecule has 0 bridgehead atoms. The van der Waals surface area contributed by atoms with Crippen LogP contribution in [0.15, 0.2) is 60.9 Å². The third kappa shape index (κ3) is 4.73. The van der Waals surface area contributed by atoms with Gasteiger partial charge in [0.05, 0.1) is 0 Å². The van der Waals surface area contributed by atoms with Crippen molar-refractivity contribution in [2.24, 2.45) is 0 Å². The van der Waals surface area contributed by atoms with Crippen molar-refractivity contribution in [1.29, 1.82) is 0 Å². The van der Waals surface area contributed by atoms with Gasteiger partial charge >= 0.3 is 11.8 Å². The molecule has 0 saturated carbocycles. The zero-order valence-corrected chi connectivity index (χ0v) is 17.9. The van der Waals surface area contributed by atoms with E-state index in [4.69, 9.17) is 0 Å². The summed E-state index contributed by atoms with van der Waals surface area (Å²) in [5.74, 6) is -16.8. The Balaban J connectivity index is 0.000000224. The first-order chi connectivity index (χ1) is 14.5. The number of benzene rings is 1. The summed E-state index contributed by atoms with van der Waals surface area (Å²) in [6.45, 7) is 0. The van der Waals surface area contributed by atoms with Gasteiger partial charge in [-0.15, -0.1) is 23.8 Å². The molecule has 2 nitrogen and oxygen atoms in total. The Morgan fingerprint density at radius 2 is 1.34 bits per heavy atom. The van der Waals surface area contributed by atoms with Crippen molar-refractivity contribution >= 4 is 5.57 Å². The molecule has 1 aliphatic rings. The molecule has 0 fully saturated rings. The number of hydrogen-bond acceptors (Lipinski definition) is 2. The van der Waals surface area contributed by atoms with Crippen molar-refractivity contribution in [1.82, 2.24) is 9.97 Å². The summed E-state index contributed by atoms with van der Waals surface area (Å²) >= 11 is 0. The zero-order chi connectivity index (χ0) is 22.9. The van der Waals surface area contributed by atoms with Gasteiger partial charge in [0.1, 0.15) is 0 Å². The summed E-state index contributed by atoms with van der Waals surface area (Å²) in [6.07, 6.45) is 3.43. The third-order valence-corrected chi connectivity index (χ3v) is 4.08. The average Bonchev–Trinajstić information content (AvgIpc) is 2.86. The summed E-state index contributed by atoms with van der Waals surface area (Å²) in [5.41, 5.74) is -1.58. The molecular formula is C21H10F8IrN2-2. The van der Waals surface area contributed by atoms with E-state index in [2.05, 4.69) is 16.0 Å². The van der Waals surface area contributed by atoms with Crippen molar-refractivity contribution in [2.75, 3.05) is 0 Å². The predicted molar refractivity (Wildman–Crippen MR) is 94.2 cm³/mol. The van der Waals surface area contributed by atoms with Crippen LogP contribution in [0.1, 0.15) is 5.69 Å². The van der Waals surface area contributed by atoms with Crippen molar-refractivity contribution in [3.05, 3.63) is 90.4 Å². The quantitative estimate of drug-likeness (QED) is 0.255. The molecule has 1 radical (unpaired) electrons. The minimum absolute atomic E-state index is 0. The van der Waals surface area contributed by atoms with Gasteiger partial charge < -0.3 is 9.97 Å². The van der Waals surface area contributed by atoms with E-state index < -0.39 is 40.7 Å². The van der Waals surface area contributed by atoms with Crippen LogP contribution in [0.2, 0.25) is 0 Å². The molecule has 11 heteroatoms. The molecule has 0 unspecified atom stereocenters. The van der Waals surface area contributed by atoms with Gasteiger partial charge in [0.25, 0.3) is 5.92 Å². The number of rotatable bonds is 2. The predicted octanol–water partition coefficient (Wildman–Crippen LogP) is 6.01. The Morgan fingerprint density at radius 1 is 0.781 bits per heavy atom. The molecule has 0 spiro atoms. The van der Waals surface area contributed by atoms with E-state index in [-0.39, 0.29) is 25.7 Å². The maximum Gasteiger partial charge on any atom is 0.360 e. The van der Waals surface area contributed by atoms with Crippen LogP contribution in [0.25, 0.3) is 16.8 Å². The van der Waals surface area contributed by atoms with Crippen LogP contribution in [0.5, 0.6) is 0 Å². The maximum atomic E-state index is 13.2. The molecular weight excluding hydrogens is 624 g/mol. The maximum absolute atomic E-state index is 13.2. The first-order valence-corrected chi connectivity index (χ1v) is 8.46. The van der Waals surface area contributed by atoms with Crippen LogP contribution in [-0.4, -0.2) is 27.7 Å². The fourth-order valence-corrected chi connectivity index (χ4v) is 2.56. The van der Waals surface area contributed by atoms with Gasteiger partial charge in [-0.1, -0.05) is 35.5 Å². The fourth-order valence-electron chi connectivity index (χ4n) is 2.56. The number of alkyl halides is 6. The second-order valence-corrected chi connectivity index (χ2v) is 6.19. The van der Waals surface area contributed by atoms with Crippen LogP contribution in [0.3, 0.4) is 0 Å². The van der Waals surface area contributed by atoms with Gasteiger partial charge in [-0.2, -0.15) is 23.6 Å². The first-order valence-electron chi connectivity index (χ1n) is 8.46. The van der Waals surface area contributed by atoms with Crippen LogP contribution in [0, 0.1) is 23.8 Å². The van der Waals surface area contributed by atoms with E-state index in [9.17, 15) is 35.1 Å². The number of nitrogens with zero attached hydrogens (tertiary/aromatic N) is 2. The molecule has 0 aliphatic heterocycles. The third-order valence-electron chi connectivity index (χ3n) is 4.08. The number of hydrogen-bond donors (Lipinski definition) is 0. The van der Waals surface area contributed by atoms with Gasteiger partial charge in [-0.3, -0.25) is 8.78 Å². The monoisotopic (exact) mass is 635 g/mol. The number of aromatic nitrogens is 2. The van der Waals surface area contributed by atoms with Crippen LogP contribution in [-0.2, 0) is 20.1 Å². The Kier molecular flexibility index (Phi) is 7.57. The Labute approximate surface area is 190 Å². The smallest absolute Gasteiger partial charge is 0.351 e. The van der Waals surface area contributed by atoms with E-state index in [1.165, 1.54) is 12.1 Å². The van der Waals surface area contributed by atoms with Gasteiger partial charge in [0.15, 0.2) is 0 Å². The molecule has 4 rings (SSSR count). The second kappa shape index (κ2) is 9.46. The van der Waals surface area contributed by atoms with E-state index in [1.54, 1.807) is 24.4 Å². The largest absolute Gasteiger partial charge is 0.360 e. The van der Waals surface area contributed by atoms with Crippen LogP contribution >= 0.6 is 0 Å². The summed E-state index contributed by atoms with van der Waals surface area (Å²) < 4.78 is 103. The summed E-state index contributed by atoms with van der Waals surface area (Å²) in [6, 6.07) is 13.0. The van der Waals surface area contributed by atoms with Gasteiger partial charge in [-0.25, -0.2) is 8.78 Å². The van der Waals surface area contributed by atoms with E-state index in [0.717, 1.165) is 30.5 Å². The van der Waals surface area contributed by atoms with Crippen LogP contribution < -0.4 is 0 Å². The molecule has 171 valence electrons. The Morgan fingerprint density at radius 3 is 1.78 bits per heavy atom. The normalized spacial score (nSPS) is 17.4. The molecule has 0 atom stereocenters. The average molecular weight is 635 g/mol. The summed E-state index contributed by atoms with van der Waals surface area (Å²) in [5, 5.41) is 0. The summed E-state index contributed by atoms with van der Waals surface area (Å²) in [4.78, 5) is 7.29. The molecule has 0 N–H and O–H groups in total. The van der Waals surface area contributed by atoms with Crippen molar-refractivity contribution in [3.63, 3.8) is 0 Å². The fraction of sp³-hybridized carbons (Fsp3) is 0.143. The van der Waals surface area contributed by atoms with Crippen molar-refractivity contribution < 1.29 is 55.2 Å². The molecule has 0 amide bonds. The molecule has 32 heavy (non-hydrogen) atoms. The molecule has 1 aliphatic carbocycles. The Hall–Kier alpha value is -2.65. The number of pyridine rings is 2. The summed E-state index contributed by atoms with van der Waals surface area (Å²) in [7, 11) is 0. The molecule has 3 aromatic rings. The second-order valence-electron chi connectivity index (χ2n) is 6.19. The minimum Gasteiger partial charge on any atom is -0.351 e. The minimum atomic E-state index is -5.49. The molecule has 2 aromatic heterocycles. The van der Waals surface area contributed by atoms with Gasteiger partial charge in [-0.05, 0) is 17.8 Å².